The summed E-state index contributed by atoms with van der Waals surface area (Å²) in [5.41, 5.74) is -0.311. The molecule has 4 rings (SSSR count). The summed E-state index contributed by atoms with van der Waals surface area (Å²) in [5.74, 6) is 0.169. The van der Waals surface area contributed by atoms with E-state index < -0.39 is 67.5 Å². The van der Waals surface area contributed by atoms with Crippen LogP contribution in [0.3, 0.4) is 0 Å². The maximum Gasteiger partial charge on any atom is 0.336 e. The van der Waals surface area contributed by atoms with Gasteiger partial charge < -0.3 is 54.0 Å². The predicted molar refractivity (Wildman–Crippen MR) is 104 cm³/mol. The van der Waals surface area contributed by atoms with E-state index in [1.165, 1.54) is 12.1 Å². The lowest BCUT2D eigenvalue weighted by atomic mass is 9.99. The van der Waals surface area contributed by atoms with E-state index in [2.05, 4.69) is 0 Å². The Morgan fingerprint density at radius 3 is 2.38 bits per heavy atom. The van der Waals surface area contributed by atoms with Crippen molar-refractivity contribution in [2.75, 3.05) is 13.2 Å². The van der Waals surface area contributed by atoms with Gasteiger partial charge in [-0.15, -0.1) is 0 Å². The van der Waals surface area contributed by atoms with Gasteiger partial charge in [0.05, 0.1) is 13.2 Å². The molecule has 2 aliphatic heterocycles. The molecule has 0 bridgehead atoms. The third-order valence-electron chi connectivity index (χ3n) is 5.39. The highest BCUT2D eigenvalue weighted by molar-refractivity contribution is 5.77. The molecule has 12 nitrogen and oxygen atoms in total. The zero-order chi connectivity index (χ0) is 23.0. The van der Waals surface area contributed by atoms with Crippen molar-refractivity contribution in [3.8, 4) is 5.75 Å². The van der Waals surface area contributed by atoms with Crippen LogP contribution in [0.15, 0.2) is 39.5 Å². The number of fused-ring (bicyclic) bond motifs is 1. The van der Waals surface area contributed by atoms with Crippen molar-refractivity contribution in [3.63, 3.8) is 0 Å². The number of benzene rings is 1. The first-order chi connectivity index (χ1) is 15.2. The van der Waals surface area contributed by atoms with Crippen LogP contribution in [0.25, 0.3) is 11.0 Å². The average molecular weight is 456 g/mol. The highest BCUT2D eigenvalue weighted by atomic mass is 16.7. The Kier molecular flexibility index (Phi) is 6.76. The van der Waals surface area contributed by atoms with E-state index in [4.69, 9.17) is 23.4 Å². The standard InChI is InChI=1S/C20H24O12/c21-10-6-28-19(17(26)14(10)23)29-7-12-15(24)16(25)18(27)20(32-12)30-9-3-1-8-2-4-13(22)31-11(8)5-9/h1-5,10,12,14-21,23-27H,6-7H2/t10-,12+,14+,15-,16+,17+,18+,19+,20-/m0/s1. The Morgan fingerprint density at radius 1 is 0.875 bits per heavy atom. The Labute approximate surface area is 180 Å². The van der Waals surface area contributed by atoms with Gasteiger partial charge in [-0.2, -0.15) is 0 Å². The normalized spacial score (nSPS) is 38.0. The Balaban J connectivity index is 1.43. The SMILES string of the molecule is O=c1ccc2ccc(O[C@H]3O[C@H](CO[C@H]4OC[C@H](O)[C@@H](O)[C@H]4O)[C@H](O)[C@@H](O)[C@H]3O)cc2o1. The molecule has 12 heteroatoms. The van der Waals surface area contributed by atoms with Gasteiger partial charge in [-0.3, -0.25) is 0 Å². The molecule has 2 aromatic rings. The minimum absolute atomic E-state index is 0.169. The minimum Gasteiger partial charge on any atom is -0.462 e. The van der Waals surface area contributed by atoms with Crippen molar-refractivity contribution in [1.82, 2.24) is 0 Å². The number of rotatable bonds is 5. The van der Waals surface area contributed by atoms with E-state index in [1.807, 2.05) is 0 Å². The van der Waals surface area contributed by atoms with Crippen molar-refractivity contribution in [2.24, 2.45) is 0 Å². The second-order valence-electron chi connectivity index (χ2n) is 7.67. The van der Waals surface area contributed by atoms with Gasteiger partial charge in [0.1, 0.15) is 54.1 Å². The molecular weight excluding hydrogens is 432 g/mol. The van der Waals surface area contributed by atoms with Gasteiger partial charge in [0.25, 0.3) is 0 Å². The first kappa shape index (κ1) is 23.0. The third kappa shape index (κ3) is 4.64. The van der Waals surface area contributed by atoms with Crippen LogP contribution in [0.2, 0.25) is 0 Å². The van der Waals surface area contributed by atoms with Gasteiger partial charge in [-0.25, -0.2) is 4.79 Å². The summed E-state index contributed by atoms with van der Waals surface area (Å²) in [7, 11) is 0. The first-order valence-electron chi connectivity index (χ1n) is 9.92. The zero-order valence-electron chi connectivity index (χ0n) is 16.6. The summed E-state index contributed by atoms with van der Waals surface area (Å²) in [4.78, 5) is 11.4. The number of aliphatic hydroxyl groups is 6. The molecule has 0 aliphatic carbocycles. The van der Waals surface area contributed by atoms with Crippen LogP contribution in [-0.2, 0) is 14.2 Å². The molecule has 6 N–H and O–H groups in total. The van der Waals surface area contributed by atoms with Gasteiger partial charge in [0.2, 0.25) is 6.29 Å². The molecule has 2 saturated heterocycles. The molecule has 9 atom stereocenters. The summed E-state index contributed by atoms with van der Waals surface area (Å²) in [6, 6.07) is 7.42. The fourth-order valence-electron chi connectivity index (χ4n) is 3.52. The van der Waals surface area contributed by atoms with Crippen molar-refractivity contribution in [2.45, 2.75) is 55.3 Å². The van der Waals surface area contributed by atoms with Crippen LogP contribution >= 0.6 is 0 Å². The molecule has 0 amide bonds. The molecule has 0 spiro atoms. The van der Waals surface area contributed by atoms with E-state index >= 15 is 0 Å². The lowest BCUT2D eigenvalue weighted by Crippen LogP contribution is -2.61. The minimum atomic E-state index is -1.65. The quantitative estimate of drug-likeness (QED) is 0.259. The molecule has 0 saturated carbocycles. The van der Waals surface area contributed by atoms with Crippen molar-refractivity contribution >= 4 is 11.0 Å². The van der Waals surface area contributed by atoms with Gasteiger partial charge in [-0.1, -0.05) is 0 Å². The number of ether oxygens (including phenoxy) is 4. The number of hydrogen-bond acceptors (Lipinski definition) is 12. The zero-order valence-corrected chi connectivity index (χ0v) is 16.6. The number of aliphatic hydroxyl groups excluding tert-OH is 6. The summed E-state index contributed by atoms with van der Waals surface area (Å²) < 4.78 is 26.7. The molecule has 2 fully saturated rings. The van der Waals surface area contributed by atoms with Crippen LogP contribution in [0, 0.1) is 0 Å². The van der Waals surface area contributed by atoms with Crippen LogP contribution in [0.5, 0.6) is 5.75 Å². The van der Waals surface area contributed by atoms with Gasteiger partial charge >= 0.3 is 5.63 Å². The molecule has 1 aromatic heterocycles. The molecule has 2 aliphatic rings. The van der Waals surface area contributed by atoms with Gasteiger partial charge in [-0.05, 0) is 18.2 Å². The van der Waals surface area contributed by atoms with E-state index in [1.54, 1.807) is 18.2 Å². The maximum atomic E-state index is 11.4. The summed E-state index contributed by atoms with van der Waals surface area (Å²) >= 11 is 0. The summed E-state index contributed by atoms with van der Waals surface area (Å²) in [5, 5.41) is 60.5. The van der Waals surface area contributed by atoms with E-state index in [9.17, 15) is 35.4 Å². The average Bonchev–Trinajstić information content (AvgIpc) is 2.78. The molecular formula is C20H24O12. The lowest BCUT2D eigenvalue weighted by molar-refractivity contribution is -0.307. The monoisotopic (exact) mass is 456 g/mol. The Morgan fingerprint density at radius 2 is 1.59 bits per heavy atom. The van der Waals surface area contributed by atoms with E-state index in [0.29, 0.717) is 5.39 Å². The van der Waals surface area contributed by atoms with E-state index in [0.717, 1.165) is 0 Å². The molecule has 0 radical (unpaired) electrons. The maximum absolute atomic E-state index is 11.4. The molecule has 1 aromatic carbocycles. The van der Waals surface area contributed by atoms with Gasteiger partial charge in [0, 0.05) is 17.5 Å². The van der Waals surface area contributed by atoms with Crippen molar-refractivity contribution in [1.29, 1.82) is 0 Å². The highest BCUT2D eigenvalue weighted by Crippen LogP contribution is 2.27. The molecule has 0 unspecified atom stereocenters. The fourth-order valence-corrected chi connectivity index (χ4v) is 3.52. The van der Waals surface area contributed by atoms with Gasteiger partial charge in [0.15, 0.2) is 6.29 Å². The van der Waals surface area contributed by atoms with Crippen molar-refractivity contribution < 1.29 is 54.0 Å². The van der Waals surface area contributed by atoms with Crippen LogP contribution in [-0.4, -0.2) is 99.2 Å². The second-order valence-corrected chi connectivity index (χ2v) is 7.67. The topological polar surface area (TPSA) is 189 Å². The summed E-state index contributed by atoms with van der Waals surface area (Å²) in [6.07, 6.45) is -13.1. The lowest BCUT2D eigenvalue weighted by Gasteiger charge is -2.41. The first-order valence-corrected chi connectivity index (χ1v) is 9.92. The smallest absolute Gasteiger partial charge is 0.336 e. The third-order valence-corrected chi connectivity index (χ3v) is 5.39. The van der Waals surface area contributed by atoms with Crippen LogP contribution in [0.1, 0.15) is 0 Å². The van der Waals surface area contributed by atoms with Crippen LogP contribution < -0.4 is 10.4 Å². The van der Waals surface area contributed by atoms with Crippen LogP contribution in [0.4, 0.5) is 0 Å². The molecule has 176 valence electrons. The Bertz CT molecular complexity index is 978. The highest BCUT2D eigenvalue weighted by Gasteiger charge is 2.46. The number of hydrogen-bond donors (Lipinski definition) is 6. The fraction of sp³-hybridized carbons (Fsp3) is 0.550. The van der Waals surface area contributed by atoms with Crippen molar-refractivity contribution in [3.05, 3.63) is 40.8 Å². The summed E-state index contributed by atoms with van der Waals surface area (Å²) in [6.45, 7) is -0.677. The molecule has 3 heterocycles. The Hall–Kier alpha value is -2.13. The molecule has 32 heavy (non-hydrogen) atoms. The predicted octanol–water partition coefficient (Wildman–Crippen LogP) is -2.56. The van der Waals surface area contributed by atoms with E-state index in [-0.39, 0.29) is 17.9 Å². The second kappa shape index (κ2) is 9.39. The largest absolute Gasteiger partial charge is 0.462 e.